The molecule has 0 radical (unpaired) electrons. The minimum absolute atomic E-state index is 0.0597. The molecule has 5 heteroatoms. The zero-order chi connectivity index (χ0) is 18.7. The molecule has 1 saturated heterocycles. The number of carbonyl (C=O) groups excluding carboxylic acids is 2. The average molecular weight is 346 g/mol. The smallest absolute Gasteiger partial charge is 0.239 e. The van der Waals surface area contributed by atoms with E-state index in [0.29, 0.717) is 6.54 Å². The molecule has 1 fully saturated rings. The zero-order valence-corrected chi connectivity index (χ0v) is 15.9. The lowest BCUT2D eigenvalue weighted by Gasteiger charge is -2.27. The maximum atomic E-state index is 12.7. The van der Waals surface area contributed by atoms with Gasteiger partial charge in [-0.2, -0.15) is 0 Å². The number of para-hydroxylation sites is 1. The van der Waals surface area contributed by atoms with Gasteiger partial charge in [-0.3, -0.25) is 9.59 Å². The maximum Gasteiger partial charge on any atom is 0.239 e. The van der Waals surface area contributed by atoms with E-state index < -0.39 is 5.41 Å². The lowest BCUT2D eigenvalue weighted by molar-refractivity contribution is -0.138. The first kappa shape index (κ1) is 19.4. The Balaban J connectivity index is 2.04. The van der Waals surface area contributed by atoms with Gasteiger partial charge in [0.1, 0.15) is 5.41 Å². The van der Waals surface area contributed by atoms with Crippen LogP contribution in [0.1, 0.15) is 53.0 Å². The van der Waals surface area contributed by atoms with Crippen molar-refractivity contribution in [1.82, 2.24) is 5.32 Å². The molecule has 1 aliphatic heterocycles. The Morgan fingerprint density at radius 3 is 2.40 bits per heavy atom. The van der Waals surface area contributed by atoms with Gasteiger partial charge in [0.2, 0.25) is 11.8 Å². The van der Waals surface area contributed by atoms with E-state index >= 15 is 0 Å². The summed E-state index contributed by atoms with van der Waals surface area (Å²) in [5, 5.41) is 5.79. The molecule has 1 heterocycles. The fraction of sp³-hybridized carbons (Fsp3) is 0.600. The van der Waals surface area contributed by atoms with Gasteiger partial charge in [0.25, 0.3) is 0 Å². The van der Waals surface area contributed by atoms with E-state index in [9.17, 15) is 9.59 Å². The largest absolute Gasteiger partial charge is 0.376 e. The minimum Gasteiger partial charge on any atom is -0.376 e. The van der Waals surface area contributed by atoms with E-state index in [0.717, 1.165) is 30.7 Å². The number of anilines is 1. The minimum atomic E-state index is -1.16. The number of ether oxygens (including phenoxy) is 1. The van der Waals surface area contributed by atoms with Gasteiger partial charge < -0.3 is 15.4 Å². The van der Waals surface area contributed by atoms with E-state index in [4.69, 9.17) is 4.74 Å². The van der Waals surface area contributed by atoms with Crippen LogP contribution < -0.4 is 10.6 Å². The van der Waals surface area contributed by atoms with Crippen molar-refractivity contribution in [2.75, 3.05) is 18.5 Å². The number of rotatable bonds is 5. The predicted octanol–water partition coefficient (Wildman–Crippen LogP) is 3.24. The second-order valence-electron chi connectivity index (χ2n) is 8.22. The summed E-state index contributed by atoms with van der Waals surface area (Å²) in [7, 11) is 0. The van der Waals surface area contributed by atoms with Crippen LogP contribution in [0.2, 0.25) is 0 Å². The molecular weight excluding hydrogens is 316 g/mol. The molecule has 1 aliphatic rings. The predicted molar refractivity (Wildman–Crippen MR) is 99.5 cm³/mol. The zero-order valence-electron chi connectivity index (χ0n) is 15.9. The first-order valence-corrected chi connectivity index (χ1v) is 8.93. The molecule has 2 N–H and O–H groups in total. The summed E-state index contributed by atoms with van der Waals surface area (Å²) < 4.78 is 5.51. The van der Waals surface area contributed by atoms with Crippen LogP contribution in [-0.4, -0.2) is 31.1 Å². The molecule has 25 heavy (non-hydrogen) atoms. The quantitative estimate of drug-likeness (QED) is 0.804. The Bertz CT molecular complexity index is 626. The molecular formula is C20H30N2O3. The molecule has 1 unspecified atom stereocenters. The first-order valence-electron chi connectivity index (χ1n) is 8.93. The highest BCUT2D eigenvalue weighted by Gasteiger charge is 2.37. The highest BCUT2D eigenvalue weighted by Crippen LogP contribution is 2.30. The molecule has 0 aliphatic carbocycles. The molecule has 1 aromatic rings. The summed E-state index contributed by atoms with van der Waals surface area (Å²) in [6.07, 6.45) is 2.03. The lowest BCUT2D eigenvalue weighted by Crippen LogP contribution is -2.47. The van der Waals surface area contributed by atoms with Crippen LogP contribution in [0.25, 0.3) is 0 Å². The molecule has 2 rings (SSSR count). The molecule has 1 atom stereocenters. The number of hydrogen-bond donors (Lipinski definition) is 2. The molecule has 0 saturated carbocycles. The van der Waals surface area contributed by atoms with Crippen LogP contribution in [0.4, 0.5) is 5.69 Å². The van der Waals surface area contributed by atoms with Crippen molar-refractivity contribution in [2.24, 2.45) is 5.41 Å². The molecule has 1 aromatic carbocycles. The van der Waals surface area contributed by atoms with E-state index in [1.807, 2.05) is 24.3 Å². The Morgan fingerprint density at radius 1 is 1.12 bits per heavy atom. The summed E-state index contributed by atoms with van der Waals surface area (Å²) in [5.41, 5.74) is 0.526. The van der Waals surface area contributed by atoms with Gasteiger partial charge in [-0.25, -0.2) is 0 Å². The number of nitrogens with one attached hydrogen (secondary N) is 2. The average Bonchev–Trinajstić information content (AvgIpc) is 3.05. The van der Waals surface area contributed by atoms with Crippen LogP contribution >= 0.6 is 0 Å². The number of amides is 2. The Labute approximate surface area is 150 Å². The van der Waals surface area contributed by atoms with Gasteiger partial charge in [0, 0.05) is 18.8 Å². The van der Waals surface area contributed by atoms with Crippen molar-refractivity contribution in [3.05, 3.63) is 29.8 Å². The fourth-order valence-electron chi connectivity index (χ4n) is 2.86. The van der Waals surface area contributed by atoms with Crippen LogP contribution in [0.15, 0.2) is 24.3 Å². The molecule has 5 nitrogen and oxygen atoms in total. The number of carbonyl (C=O) groups is 2. The molecule has 2 amide bonds. The van der Waals surface area contributed by atoms with Gasteiger partial charge in [-0.15, -0.1) is 0 Å². The first-order chi connectivity index (χ1) is 11.6. The van der Waals surface area contributed by atoms with E-state index in [1.54, 1.807) is 13.8 Å². The highest BCUT2D eigenvalue weighted by atomic mass is 16.5. The Hall–Kier alpha value is -1.88. The SMILES string of the molecule is CC(C)(C(=O)NCC1CCCO1)C(=O)Nc1ccccc1C(C)(C)C. The topological polar surface area (TPSA) is 67.4 Å². The Kier molecular flexibility index (Phi) is 5.88. The maximum absolute atomic E-state index is 12.7. The van der Waals surface area contributed by atoms with Crippen molar-refractivity contribution in [2.45, 2.75) is 59.0 Å². The standard InChI is InChI=1S/C20H30N2O3/c1-19(2,3)15-10-6-7-11-16(15)22-18(24)20(4,5)17(23)21-13-14-9-8-12-25-14/h6-7,10-11,14H,8-9,12-13H2,1-5H3,(H,21,23)(H,22,24). The van der Waals surface area contributed by atoms with Gasteiger partial charge in [0.05, 0.1) is 6.10 Å². The fourth-order valence-corrected chi connectivity index (χ4v) is 2.86. The van der Waals surface area contributed by atoms with Gasteiger partial charge in [-0.05, 0) is 43.7 Å². The summed E-state index contributed by atoms with van der Waals surface area (Å²) in [4.78, 5) is 25.3. The lowest BCUT2D eigenvalue weighted by atomic mass is 9.85. The van der Waals surface area contributed by atoms with Crippen molar-refractivity contribution >= 4 is 17.5 Å². The third kappa shape index (κ3) is 4.82. The van der Waals surface area contributed by atoms with E-state index in [1.165, 1.54) is 0 Å². The van der Waals surface area contributed by atoms with E-state index in [2.05, 4.69) is 31.4 Å². The normalized spacial score (nSPS) is 18.0. The second-order valence-corrected chi connectivity index (χ2v) is 8.22. The van der Waals surface area contributed by atoms with Crippen LogP contribution in [-0.2, 0) is 19.7 Å². The van der Waals surface area contributed by atoms with Crippen LogP contribution in [0.3, 0.4) is 0 Å². The van der Waals surface area contributed by atoms with Crippen molar-refractivity contribution in [1.29, 1.82) is 0 Å². The highest BCUT2D eigenvalue weighted by molar-refractivity contribution is 6.10. The second kappa shape index (κ2) is 7.56. The third-order valence-electron chi connectivity index (χ3n) is 4.63. The van der Waals surface area contributed by atoms with Crippen molar-refractivity contribution < 1.29 is 14.3 Å². The summed E-state index contributed by atoms with van der Waals surface area (Å²) in [5.74, 6) is -0.595. The van der Waals surface area contributed by atoms with Crippen molar-refractivity contribution in [3.63, 3.8) is 0 Å². The number of hydrogen-bond acceptors (Lipinski definition) is 3. The number of benzene rings is 1. The van der Waals surface area contributed by atoms with Gasteiger partial charge in [0.15, 0.2) is 0 Å². The van der Waals surface area contributed by atoms with Crippen molar-refractivity contribution in [3.8, 4) is 0 Å². The molecule has 0 spiro atoms. The molecule has 138 valence electrons. The molecule has 0 bridgehead atoms. The third-order valence-corrected chi connectivity index (χ3v) is 4.63. The summed E-state index contributed by atoms with van der Waals surface area (Å²) in [6.45, 7) is 10.8. The van der Waals surface area contributed by atoms with Gasteiger partial charge in [-0.1, -0.05) is 39.0 Å². The summed E-state index contributed by atoms with van der Waals surface area (Å²) in [6, 6.07) is 7.71. The Morgan fingerprint density at radius 2 is 1.80 bits per heavy atom. The van der Waals surface area contributed by atoms with Gasteiger partial charge >= 0.3 is 0 Å². The molecule has 0 aromatic heterocycles. The monoisotopic (exact) mass is 346 g/mol. The van der Waals surface area contributed by atoms with Crippen LogP contribution in [0, 0.1) is 5.41 Å². The van der Waals surface area contributed by atoms with Crippen LogP contribution in [0.5, 0.6) is 0 Å². The summed E-state index contributed by atoms with van der Waals surface area (Å²) >= 11 is 0. The van der Waals surface area contributed by atoms with E-state index in [-0.39, 0.29) is 23.3 Å².